The van der Waals surface area contributed by atoms with E-state index < -0.39 is 36.9 Å². The molecular formula is C18H23N3O5. The fourth-order valence-electron chi connectivity index (χ4n) is 2.60. The molecule has 1 aromatic rings. The smallest absolute Gasteiger partial charge is 0.262 e. The standard InChI is InChI=1S/C18H23N3O5/c1-21(2)13-5-3-11(4-6-13)7-12(8-19)18(25)20-14-10-26-15(9-22)17(24)16(14)23/h3-7,14-17,22-24H,9-10H2,1-2H3,(H,20,25)/b12-7+/t14-,15+,16+,17+/m0/s1. The normalized spacial score (nSPS) is 26.1. The molecule has 0 bridgehead atoms. The topological polar surface area (TPSA) is 126 Å². The van der Waals surface area contributed by atoms with Crippen LogP contribution in [-0.4, -0.2) is 72.9 Å². The highest BCUT2D eigenvalue weighted by atomic mass is 16.5. The Bertz CT molecular complexity index is 696. The van der Waals surface area contributed by atoms with E-state index in [-0.39, 0.29) is 12.2 Å². The largest absolute Gasteiger partial charge is 0.394 e. The summed E-state index contributed by atoms with van der Waals surface area (Å²) in [7, 11) is 3.82. The van der Waals surface area contributed by atoms with Crippen molar-refractivity contribution in [3.8, 4) is 6.07 Å². The summed E-state index contributed by atoms with van der Waals surface area (Å²) >= 11 is 0. The van der Waals surface area contributed by atoms with Gasteiger partial charge in [0.25, 0.3) is 5.91 Å². The van der Waals surface area contributed by atoms with Crippen molar-refractivity contribution in [1.82, 2.24) is 5.32 Å². The molecule has 0 aromatic heterocycles. The van der Waals surface area contributed by atoms with Gasteiger partial charge in [0.1, 0.15) is 30.0 Å². The van der Waals surface area contributed by atoms with Crippen LogP contribution in [0.2, 0.25) is 0 Å². The first-order valence-electron chi connectivity index (χ1n) is 8.16. The number of benzene rings is 1. The quantitative estimate of drug-likeness (QED) is 0.402. The van der Waals surface area contributed by atoms with Crippen LogP contribution in [0.1, 0.15) is 5.56 Å². The average Bonchev–Trinajstić information content (AvgIpc) is 2.64. The van der Waals surface area contributed by atoms with Gasteiger partial charge in [0.2, 0.25) is 0 Å². The summed E-state index contributed by atoms with van der Waals surface area (Å²) in [6.07, 6.45) is -2.09. The van der Waals surface area contributed by atoms with E-state index in [4.69, 9.17) is 9.84 Å². The maximum atomic E-state index is 12.3. The lowest BCUT2D eigenvalue weighted by molar-refractivity contribution is -0.163. The molecule has 1 heterocycles. The minimum absolute atomic E-state index is 0.0779. The van der Waals surface area contributed by atoms with Gasteiger partial charge in [-0.3, -0.25) is 4.79 Å². The number of aliphatic hydroxyl groups excluding tert-OH is 3. The summed E-state index contributed by atoms with van der Waals surface area (Å²) in [5.41, 5.74) is 1.54. The second kappa shape index (κ2) is 8.78. The molecule has 4 atom stereocenters. The molecule has 0 radical (unpaired) electrons. The lowest BCUT2D eigenvalue weighted by atomic mass is 9.98. The number of hydrogen-bond donors (Lipinski definition) is 4. The third kappa shape index (κ3) is 4.59. The summed E-state index contributed by atoms with van der Waals surface area (Å²) in [5, 5.41) is 40.7. The summed E-state index contributed by atoms with van der Waals surface area (Å²) in [6.45, 7) is -0.517. The highest BCUT2D eigenvalue weighted by Crippen LogP contribution is 2.17. The second-order valence-corrected chi connectivity index (χ2v) is 6.27. The molecule has 8 heteroatoms. The van der Waals surface area contributed by atoms with Crippen molar-refractivity contribution >= 4 is 17.7 Å². The molecule has 0 unspecified atom stereocenters. The van der Waals surface area contributed by atoms with Crippen LogP contribution in [0.3, 0.4) is 0 Å². The van der Waals surface area contributed by atoms with Gasteiger partial charge in [-0.1, -0.05) is 12.1 Å². The van der Waals surface area contributed by atoms with Gasteiger partial charge in [0.05, 0.1) is 19.3 Å². The molecule has 1 amide bonds. The summed E-state index contributed by atoms with van der Waals surface area (Å²) in [6, 6.07) is 8.26. The first kappa shape index (κ1) is 19.9. The number of nitrogens with zero attached hydrogens (tertiary/aromatic N) is 2. The molecule has 2 rings (SSSR count). The minimum Gasteiger partial charge on any atom is -0.394 e. The number of carbonyl (C=O) groups is 1. The van der Waals surface area contributed by atoms with Crippen molar-refractivity contribution in [2.24, 2.45) is 0 Å². The maximum Gasteiger partial charge on any atom is 0.262 e. The molecule has 0 aliphatic carbocycles. The molecular weight excluding hydrogens is 338 g/mol. The zero-order chi connectivity index (χ0) is 19.3. The zero-order valence-electron chi connectivity index (χ0n) is 14.7. The molecule has 0 spiro atoms. The lowest BCUT2D eigenvalue weighted by Crippen LogP contribution is -2.60. The maximum absolute atomic E-state index is 12.3. The number of amides is 1. The van der Waals surface area contributed by atoms with E-state index in [1.54, 1.807) is 12.1 Å². The van der Waals surface area contributed by atoms with Crippen molar-refractivity contribution in [2.75, 3.05) is 32.2 Å². The molecule has 1 saturated heterocycles. The Labute approximate surface area is 151 Å². The van der Waals surface area contributed by atoms with Crippen LogP contribution in [0.5, 0.6) is 0 Å². The number of rotatable bonds is 5. The van der Waals surface area contributed by atoms with E-state index in [2.05, 4.69) is 5.32 Å². The third-order valence-electron chi connectivity index (χ3n) is 4.21. The van der Waals surface area contributed by atoms with Crippen LogP contribution in [0, 0.1) is 11.3 Å². The predicted molar refractivity (Wildman–Crippen MR) is 95.1 cm³/mol. The Kier molecular flexibility index (Phi) is 6.71. The van der Waals surface area contributed by atoms with E-state index in [9.17, 15) is 20.3 Å². The van der Waals surface area contributed by atoms with Crippen molar-refractivity contribution < 1.29 is 24.9 Å². The first-order chi connectivity index (χ1) is 12.4. The summed E-state index contributed by atoms with van der Waals surface area (Å²) in [5.74, 6) is -0.675. The number of nitriles is 1. The van der Waals surface area contributed by atoms with Crippen LogP contribution in [-0.2, 0) is 9.53 Å². The van der Waals surface area contributed by atoms with Gasteiger partial charge < -0.3 is 30.3 Å². The Balaban J connectivity index is 2.08. The van der Waals surface area contributed by atoms with Crippen molar-refractivity contribution in [2.45, 2.75) is 24.4 Å². The van der Waals surface area contributed by atoms with Crippen LogP contribution in [0.4, 0.5) is 5.69 Å². The molecule has 0 saturated carbocycles. The Hall–Kier alpha value is -2.44. The van der Waals surface area contributed by atoms with Gasteiger partial charge in [0.15, 0.2) is 0 Å². The predicted octanol–water partition coefficient (Wildman–Crippen LogP) is -0.743. The zero-order valence-corrected chi connectivity index (χ0v) is 14.7. The third-order valence-corrected chi connectivity index (χ3v) is 4.21. The summed E-state index contributed by atoms with van der Waals surface area (Å²) in [4.78, 5) is 14.2. The van der Waals surface area contributed by atoms with E-state index in [1.165, 1.54) is 6.08 Å². The highest BCUT2D eigenvalue weighted by Gasteiger charge is 2.38. The van der Waals surface area contributed by atoms with E-state index >= 15 is 0 Å². The van der Waals surface area contributed by atoms with Crippen molar-refractivity contribution in [3.63, 3.8) is 0 Å². The molecule has 140 valence electrons. The fourth-order valence-corrected chi connectivity index (χ4v) is 2.60. The summed E-state index contributed by atoms with van der Waals surface area (Å²) < 4.78 is 5.21. The fraction of sp³-hybridized carbons (Fsp3) is 0.444. The Morgan fingerprint density at radius 3 is 2.54 bits per heavy atom. The minimum atomic E-state index is -1.33. The lowest BCUT2D eigenvalue weighted by Gasteiger charge is -2.37. The van der Waals surface area contributed by atoms with Gasteiger partial charge >= 0.3 is 0 Å². The van der Waals surface area contributed by atoms with Gasteiger partial charge in [0, 0.05) is 19.8 Å². The molecule has 26 heavy (non-hydrogen) atoms. The van der Waals surface area contributed by atoms with Crippen LogP contribution < -0.4 is 10.2 Å². The van der Waals surface area contributed by atoms with Gasteiger partial charge in [-0.15, -0.1) is 0 Å². The number of ether oxygens (including phenoxy) is 1. The van der Waals surface area contributed by atoms with E-state index in [1.807, 2.05) is 37.2 Å². The highest BCUT2D eigenvalue weighted by molar-refractivity contribution is 6.01. The molecule has 8 nitrogen and oxygen atoms in total. The van der Waals surface area contributed by atoms with Gasteiger partial charge in [-0.25, -0.2) is 0 Å². The Morgan fingerprint density at radius 2 is 2.00 bits per heavy atom. The van der Waals surface area contributed by atoms with E-state index in [0.29, 0.717) is 5.56 Å². The van der Waals surface area contributed by atoms with Crippen molar-refractivity contribution in [3.05, 3.63) is 35.4 Å². The van der Waals surface area contributed by atoms with Gasteiger partial charge in [-0.05, 0) is 23.8 Å². The molecule has 1 aromatic carbocycles. The van der Waals surface area contributed by atoms with Crippen LogP contribution >= 0.6 is 0 Å². The number of aliphatic hydroxyl groups is 3. The Morgan fingerprint density at radius 1 is 1.35 bits per heavy atom. The van der Waals surface area contributed by atoms with Crippen LogP contribution in [0.15, 0.2) is 29.8 Å². The van der Waals surface area contributed by atoms with Crippen LogP contribution in [0.25, 0.3) is 6.08 Å². The van der Waals surface area contributed by atoms with Crippen molar-refractivity contribution in [1.29, 1.82) is 5.26 Å². The average molecular weight is 361 g/mol. The number of carbonyl (C=O) groups excluding carboxylic acids is 1. The molecule has 1 fully saturated rings. The molecule has 1 aliphatic heterocycles. The van der Waals surface area contributed by atoms with E-state index in [0.717, 1.165) is 5.69 Å². The second-order valence-electron chi connectivity index (χ2n) is 6.27. The molecule has 1 aliphatic rings. The SMILES string of the molecule is CN(C)c1ccc(/C=C(\C#N)C(=O)N[C@H]2CO[C@H](CO)[C@@H](O)[C@@H]2O)cc1. The number of anilines is 1. The molecule has 4 N–H and O–H groups in total. The number of hydrogen-bond acceptors (Lipinski definition) is 7. The monoisotopic (exact) mass is 361 g/mol. The first-order valence-corrected chi connectivity index (χ1v) is 8.16. The van der Waals surface area contributed by atoms with Gasteiger partial charge in [-0.2, -0.15) is 5.26 Å². The number of nitrogens with one attached hydrogen (secondary N) is 1.